The molecule has 1 fully saturated rings. The van der Waals surface area contributed by atoms with Gasteiger partial charge in [0.05, 0.1) is 11.7 Å². The van der Waals surface area contributed by atoms with E-state index in [4.69, 9.17) is 0 Å². The van der Waals surface area contributed by atoms with Crippen LogP contribution in [0.1, 0.15) is 59.9 Å². The van der Waals surface area contributed by atoms with Gasteiger partial charge in [0.2, 0.25) is 5.78 Å². The van der Waals surface area contributed by atoms with Crippen LogP contribution in [-0.4, -0.2) is 37.9 Å². The number of fused-ring (bicyclic) bond motifs is 1. The van der Waals surface area contributed by atoms with E-state index in [1.807, 2.05) is 42.0 Å². The summed E-state index contributed by atoms with van der Waals surface area (Å²) in [6, 6.07) is 3.51. The summed E-state index contributed by atoms with van der Waals surface area (Å²) >= 11 is 0. The number of aromatic nitrogens is 4. The first-order valence-corrected chi connectivity index (χ1v) is 10.1. The summed E-state index contributed by atoms with van der Waals surface area (Å²) in [6.07, 6.45) is 9.65. The molecule has 0 bridgehead atoms. The lowest BCUT2D eigenvalue weighted by Crippen LogP contribution is -2.39. The summed E-state index contributed by atoms with van der Waals surface area (Å²) in [5.41, 5.74) is 1.41. The van der Waals surface area contributed by atoms with Crippen LogP contribution in [0.2, 0.25) is 0 Å². The highest BCUT2D eigenvalue weighted by molar-refractivity contribution is 5.95. The number of imidazole rings is 1. The molecule has 10 heteroatoms. The number of carbonyl (C=O) groups excluding carboxylic acids is 1. The fourth-order valence-electron chi connectivity index (χ4n) is 3.92. The first kappa shape index (κ1) is 24.8. The molecule has 0 aromatic carbocycles. The zero-order valence-corrected chi connectivity index (χ0v) is 19.2. The molecule has 168 valence electrons. The fraction of sp³-hybridized carbons (Fsp3) is 0.429. The van der Waals surface area contributed by atoms with E-state index in [0.29, 0.717) is 17.8 Å². The van der Waals surface area contributed by atoms with Gasteiger partial charge in [-0.25, -0.2) is 9.97 Å². The molecule has 1 saturated heterocycles. The van der Waals surface area contributed by atoms with Gasteiger partial charge >= 0.3 is 0 Å². The summed E-state index contributed by atoms with van der Waals surface area (Å²) in [4.78, 5) is 35.0. The van der Waals surface area contributed by atoms with Crippen LogP contribution >= 0.6 is 24.8 Å². The lowest BCUT2D eigenvalue weighted by atomic mass is 10.0. The van der Waals surface area contributed by atoms with Gasteiger partial charge in [-0.05, 0) is 57.0 Å². The molecule has 1 unspecified atom stereocenters. The van der Waals surface area contributed by atoms with E-state index in [9.17, 15) is 9.59 Å². The molecule has 1 aliphatic rings. The second-order valence-electron chi connectivity index (χ2n) is 7.49. The van der Waals surface area contributed by atoms with Gasteiger partial charge in [-0.15, -0.1) is 24.8 Å². The molecular weight excluding hydrogens is 439 g/mol. The monoisotopic (exact) mass is 466 g/mol. The molecule has 4 rings (SSSR count). The Morgan fingerprint density at radius 2 is 2.03 bits per heavy atom. The molecular formula is C21H28Cl2N6O2. The standard InChI is InChI=1S/C21H26N6O2.2ClH/c1-3-16(17-13-26-11-4-8-23-21(26)25-17)24-19(28)18-14(2)7-12-27(20(18)29)15-5-9-22-10-6-15;;/h4,7-8,11-13,15-16,22H,3,5-6,9-10H2,1-2H3,(H,24,28);2*1H. The Morgan fingerprint density at radius 1 is 1.29 bits per heavy atom. The Labute approximate surface area is 193 Å². The molecule has 0 aliphatic carbocycles. The molecule has 0 radical (unpaired) electrons. The molecule has 2 N–H and O–H groups in total. The fourth-order valence-corrected chi connectivity index (χ4v) is 3.92. The average molecular weight is 467 g/mol. The average Bonchev–Trinajstić information content (AvgIpc) is 3.17. The van der Waals surface area contributed by atoms with Crippen molar-refractivity contribution in [1.29, 1.82) is 0 Å². The van der Waals surface area contributed by atoms with Gasteiger partial charge in [0.25, 0.3) is 11.5 Å². The van der Waals surface area contributed by atoms with Gasteiger partial charge in [-0.1, -0.05) is 6.92 Å². The number of nitrogens with zero attached hydrogens (tertiary/aromatic N) is 4. The maximum atomic E-state index is 13.1. The number of piperidine rings is 1. The van der Waals surface area contributed by atoms with Crippen LogP contribution in [0, 0.1) is 6.92 Å². The minimum absolute atomic E-state index is 0. The summed E-state index contributed by atoms with van der Waals surface area (Å²) in [5, 5.41) is 6.31. The van der Waals surface area contributed by atoms with Crippen LogP contribution < -0.4 is 16.2 Å². The Kier molecular flexibility index (Phi) is 8.61. The van der Waals surface area contributed by atoms with Crippen LogP contribution in [-0.2, 0) is 0 Å². The molecule has 0 saturated carbocycles. The first-order chi connectivity index (χ1) is 14.1. The van der Waals surface area contributed by atoms with Crippen LogP contribution in [0.5, 0.6) is 0 Å². The van der Waals surface area contributed by atoms with Crippen molar-refractivity contribution in [2.75, 3.05) is 13.1 Å². The van der Waals surface area contributed by atoms with Gasteiger partial charge in [-0.3, -0.25) is 14.0 Å². The normalized spacial score (nSPS) is 15.0. The number of hydrogen-bond acceptors (Lipinski definition) is 5. The van der Waals surface area contributed by atoms with Crippen molar-refractivity contribution in [3.8, 4) is 0 Å². The van der Waals surface area contributed by atoms with Crippen molar-refractivity contribution in [2.24, 2.45) is 0 Å². The Morgan fingerprint density at radius 3 is 2.71 bits per heavy atom. The lowest BCUT2D eigenvalue weighted by molar-refractivity contribution is 0.0931. The van der Waals surface area contributed by atoms with E-state index in [1.54, 1.807) is 17.7 Å². The van der Waals surface area contributed by atoms with Crippen LogP contribution in [0.15, 0.2) is 41.7 Å². The van der Waals surface area contributed by atoms with E-state index in [1.165, 1.54) is 0 Å². The van der Waals surface area contributed by atoms with Crippen molar-refractivity contribution in [1.82, 2.24) is 29.6 Å². The summed E-state index contributed by atoms with van der Waals surface area (Å²) in [5.74, 6) is 0.229. The highest BCUT2D eigenvalue weighted by Gasteiger charge is 2.24. The van der Waals surface area contributed by atoms with E-state index in [2.05, 4.69) is 20.6 Å². The summed E-state index contributed by atoms with van der Waals surface area (Å²) in [7, 11) is 0. The number of nitrogens with one attached hydrogen (secondary N) is 2. The third kappa shape index (κ3) is 5.08. The van der Waals surface area contributed by atoms with Crippen molar-refractivity contribution in [2.45, 2.75) is 45.2 Å². The molecule has 1 atom stereocenters. The second kappa shape index (κ2) is 10.7. The maximum Gasteiger partial charge on any atom is 0.263 e. The van der Waals surface area contributed by atoms with Gasteiger partial charge in [0.1, 0.15) is 5.56 Å². The Balaban J connectivity index is 0.00000171. The second-order valence-corrected chi connectivity index (χ2v) is 7.49. The number of halogens is 2. The molecule has 1 amide bonds. The van der Waals surface area contributed by atoms with Gasteiger partial charge in [0.15, 0.2) is 0 Å². The third-order valence-electron chi connectivity index (χ3n) is 5.58. The van der Waals surface area contributed by atoms with Crippen molar-refractivity contribution in [3.05, 3.63) is 64.1 Å². The predicted octanol–water partition coefficient (Wildman–Crippen LogP) is 2.85. The number of amides is 1. The smallest absolute Gasteiger partial charge is 0.263 e. The summed E-state index contributed by atoms with van der Waals surface area (Å²) in [6.45, 7) is 5.55. The zero-order valence-electron chi connectivity index (χ0n) is 17.6. The highest BCUT2D eigenvalue weighted by atomic mass is 35.5. The van der Waals surface area contributed by atoms with E-state index in [-0.39, 0.29) is 53.9 Å². The number of rotatable bonds is 5. The molecule has 1 aliphatic heterocycles. The van der Waals surface area contributed by atoms with Crippen LogP contribution in [0.3, 0.4) is 0 Å². The topological polar surface area (TPSA) is 93.3 Å². The number of hydrogen-bond donors (Lipinski definition) is 2. The Hall–Kier alpha value is -2.42. The third-order valence-corrected chi connectivity index (χ3v) is 5.58. The van der Waals surface area contributed by atoms with E-state index in [0.717, 1.165) is 31.6 Å². The largest absolute Gasteiger partial charge is 0.343 e. The molecule has 8 nitrogen and oxygen atoms in total. The predicted molar refractivity (Wildman–Crippen MR) is 125 cm³/mol. The lowest BCUT2D eigenvalue weighted by Gasteiger charge is -2.25. The van der Waals surface area contributed by atoms with Gasteiger partial charge < -0.3 is 15.2 Å². The zero-order chi connectivity index (χ0) is 20.4. The van der Waals surface area contributed by atoms with E-state index >= 15 is 0 Å². The number of carbonyl (C=O) groups is 1. The van der Waals surface area contributed by atoms with Gasteiger partial charge in [0, 0.05) is 30.8 Å². The van der Waals surface area contributed by atoms with E-state index < -0.39 is 0 Å². The molecule has 0 spiro atoms. The summed E-state index contributed by atoms with van der Waals surface area (Å²) < 4.78 is 3.54. The minimum atomic E-state index is -0.354. The first-order valence-electron chi connectivity index (χ1n) is 10.1. The highest BCUT2D eigenvalue weighted by Crippen LogP contribution is 2.19. The van der Waals surface area contributed by atoms with Crippen molar-refractivity contribution >= 4 is 36.5 Å². The number of aryl methyl sites for hydroxylation is 1. The molecule has 3 aromatic heterocycles. The maximum absolute atomic E-state index is 13.1. The van der Waals surface area contributed by atoms with Crippen LogP contribution in [0.25, 0.3) is 5.78 Å². The SMILES string of the molecule is CCC(NC(=O)c1c(C)ccn(C2CCNCC2)c1=O)c1cn2cccnc2n1.Cl.Cl. The van der Waals surface area contributed by atoms with Gasteiger partial charge in [-0.2, -0.15) is 0 Å². The van der Waals surface area contributed by atoms with Crippen molar-refractivity contribution < 1.29 is 4.79 Å². The molecule has 3 aromatic rings. The van der Waals surface area contributed by atoms with Crippen LogP contribution in [0.4, 0.5) is 0 Å². The Bertz CT molecular complexity index is 1060. The quantitative estimate of drug-likeness (QED) is 0.602. The minimum Gasteiger partial charge on any atom is -0.343 e. The van der Waals surface area contributed by atoms with Crippen molar-refractivity contribution in [3.63, 3.8) is 0 Å². The molecule has 4 heterocycles. The molecule has 31 heavy (non-hydrogen) atoms. The number of pyridine rings is 1.